The van der Waals surface area contributed by atoms with E-state index in [1.807, 2.05) is 77.1 Å². The molecule has 1 aliphatic heterocycles. The molecule has 0 aliphatic carbocycles. The molecule has 12 nitrogen and oxygen atoms in total. The first kappa shape index (κ1) is 28.7. The molecule has 0 saturated carbocycles. The van der Waals surface area contributed by atoms with E-state index < -0.39 is 28.0 Å². The van der Waals surface area contributed by atoms with E-state index in [4.69, 9.17) is 9.66 Å². The van der Waals surface area contributed by atoms with Crippen molar-refractivity contribution in [2.75, 3.05) is 12.0 Å². The van der Waals surface area contributed by atoms with Crippen molar-refractivity contribution in [3.8, 4) is 0 Å². The maximum absolute atomic E-state index is 13.1. The number of para-hydroxylation sites is 2. The molecular weight excluding hydrogens is 558 g/mol. The third-order valence-corrected chi connectivity index (χ3v) is 6.64. The normalized spacial score (nSPS) is 13.8. The molecule has 2 aromatic carbocycles. The number of hydrogen-bond acceptors (Lipinski definition) is 7. The number of aryl methyl sites for hydroxylation is 2. The van der Waals surface area contributed by atoms with Crippen LogP contribution in [0.4, 0.5) is 4.79 Å². The van der Waals surface area contributed by atoms with Crippen LogP contribution >= 0.6 is 11.9 Å². The lowest BCUT2D eigenvalue weighted by Gasteiger charge is -2.03. The zero-order chi connectivity index (χ0) is 29.0. The molecule has 3 amide bonds. The minimum atomic E-state index is -3.67. The number of nitrogens with one attached hydrogen (secondary N) is 1. The van der Waals surface area contributed by atoms with Crippen LogP contribution in [0.5, 0.6) is 0 Å². The minimum absolute atomic E-state index is 0.367. The average Bonchev–Trinajstić information content (AvgIpc) is 3.50. The second-order valence-corrected chi connectivity index (χ2v) is 11.1. The monoisotopic (exact) mass is 583 g/mol. The zero-order valence-corrected chi connectivity index (χ0v) is 23.1. The summed E-state index contributed by atoms with van der Waals surface area (Å²) in [5.41, 5.74) is 4.08. The summed E-state index contributed by atoms with van der Waals surface area (Å²) in [6, 6.07) is 15.5. The molecule has 3 heterocycles. The maximum atomic E-state index is 13.1. The van der Waals surface area contributed by atoms with Crippen LogP contribution in [0.3, 0.4) is 0 Å². The van der Waals surface area contributed by atoms with E-state index in [1.54, 1.807) is 0 Å². The number of carboxylic acid groups (broad SMARTS) is 1. The molecule has 0 bridgehead atoms. The molecule has 0 spiro atoms. The summed E-state index contributed by atoms with van der Waals surface area (Å²) in [7, 11) is -1.75. The third kappa shape index (κ3) is 6.47. The van der Waals surface area contributed by atoms with Crippen molar-refractivity contribution < 1.29 is 32.5 Å². The summed E-state index contributed by atoms with van der Waals surface area (Å²) in [6.07, 6.45) is 3.90. The molecule has 0 saturated heterocycles. The lowest BCUT2D eigenvalue weighted by atomic mass is 9.95. The van der Waals surface area contributed by atoms with Crippen molar-refractivity contribution in [2.24, 2.45) is 16.7 Å². The third-order valence-electron chi connectivity index (χ3n) is 5.97. The molecule has 40 heavy (non-hydrogen) atoms. The molecule has 208 valence electrons. The molecule has 0 unspecified atom stereocenters. The zero-order valence-electron chi connectivity index (χ0n) is 21.4. The SMILES string of the molecule is CS(=O)(=O)O.Cn1cc(C2=C(c3cn(CCCSN=NC(=O)O)c4ccccc34)C(=O)NC2=O)c2ccccc21. The van der Waals surface area contributed by atoms with Gasteiger partial charge in [-0.1, -0.05) is 41.5 Å². The van der Waals surface area contributed by atoms with Gasteiger partial charge in [0.05, 0.1) is 17.4 Å². The van der Waals surface area contributed by atoms with E-state index in [0.717, 1.165) is 39.3 Å². The quantitative estimate of drug-likeness (QED) is 0.0945. The Hall–Kier alpha value is -4.27. The van der Waals surface area contributed by atoms with Crippen LogP contribution in [0, 0.1) is 0 Å². The van der Waals surface area contributed by atoms with Gasteiger partial charge in [-0.05, 0) is 30.5 Å². The van der Waals surface area contributed by atoms with Crippen molar-refractivity contribution >= 4 is 72.9 Å². The Bertz CT molecular complexity index is 1790. The van der Waals surface area contributed by atoms with Gasteiger partial charge in [-0.2, -0.15) is 8.42 Å². The minimum Gasteiger partial charge on any atom is -0.462 e. The van der Waals surface area contributed by atoms with Crippen molar-refractivity contribution in [3.05, 3.63) is 72.1 Å². The Kier molecular flexibility index (Phi) is 8.52. The average molecular weight is 584 g/mol. The van der Waals surface area contributed by atoms with Gasteiger partial charge in [0.25, 0.3) is 21.9 Å². The molecule has 1 aliphatic rings. The molecule has 0 atom stereocenters. The van der Waals surface area contributed by atoms with Crippen LogP contribution in [0.25, 0.3) is 33.0 Å². The highest BCUT2D eigenvalue weighted by molar-refractivity contribution is 7.97. The summed E-state index contributed by atoms with van der Waals surface area (Å²) >= 11 is 1.08. The van der Waals surface area contributed by atoms with Gasteiger partial charge in [-0.15, -0.1) is 4.52 Å². The first-order chi connectivity index (χ1) is 19.0. The number of hydrogen-bond donors (Lipinski definition) is 3. The van der Waals surface area contributed by atoms with Crippen molar-refractivity contribution in [3.63, 3.8) is 0 Å². The predicted molar refractivity (Wildman–Crippen MR) is 152 cm³/mol. The Balaban J connectivity index is 0.000000681. The molecular formula is C26H25N5O7S2. The number of rotatable bonds is 7. The van der Waals surface area contributed by atoms with Crippen molar-refractivity contribution in [1.29, 1.82) is 0 Å². The van der Waals surface area contributed by atoms with Gasteiger partial charge in [0.2, 0.25) is 0 Å². The number of fused-ring (bicyclic) bond motifs is 2. The topological polar surface area (TPSA) is 172 Å². The highest BCUT2D eigenvalue weighted by Gasteiger charge is 2.35. The highest BCUT2D eigenvalue weighted by Crippen LogP contribution is 2.38. The largest absolute Gasteiger partial charge is 0.462 e. The van der Waals surface area contributed by atoms with Gasteiger partial charge in [-0.3, -0.25) is 19.5 Å². The number of imide groups is 1. The number of carbonyl (C=O) groups excluding carboxylic acids is 2. The van der Waals surface area contributed by atoms with E-state index in [1.165, 1.54) is 0 Å². The number of benzene rings is 2. The van der Waals surface area contributed by atoms with Gasteiger partial charge in [0.15, 0.2) is 0 Å². The van der Waals surface area contributed by atoms with E-state index in [0.29, 0.717) is 41.7 Å². The molecule has 5 rings (SSSR count). The van der Waals surface area contributed by atoms with E-state index in [2.05, 4.69) is 15.0 Å². The Morgan fingerprint density at radius 2 is 1.48 bits per heavy atom. The van der Waals surface area contributed by atoms with Gasteiger partial charge >= 0.3 is 6.09 Å². The van der Waals surface area contributed by atoms with E-state index >= 15 is 0 Å². The van der Waals surface area contributed by atoms with Crippen LogP contribution in [0.2, 0.25) is 0 Å². The smallest absolute Gasteiger partial charge is 0.450 e. The van der Waals surface area contributed by atoms with Crippen LogP contribution in [0.1, 0.15) is 17.5 Å². The Morgan fingerprint density at radius 1 is 0.950 bits per heavy atom. The van der Waals surface area contributed by atoms with Gasteiger partial charge in [0, 0.05) is 64.7 Å². The van der Waals surface area contributed by atoms with E-state index in [-0.39, 0.29) is 0 Å². The van der Waals surface area contributed by atoms with Gasteiger partial charge in [0.1, 0.15) is 0 Å². The van der Waals surface area contributed by atoms with Crippen LogP contribution in [-0.2, 0) is 33.3 Å². The summed E-state index contributed by atoms with van der Waals surface area (Å²) < 4.78 is 33.4. The second-order valence-electron chi connectivity index (χ2n) is 8.84. The molecule has 3 N–H and O–H groups in total. The van der Waals surface area contributed by atoms with Gasteiger partial charge in [-0.25, -0.2) is 4.79 Å². The second kappa shape index (κ2) is 11.9. The molecule has 4 aromatic rings. The van der Waals surface area contributed by atoms with Crippen molar-refractivity contribution in [1.82, 2.24) is 14.5 Å². The maximum Gasteiger partial charge on any atom is 0.450 e. The fourth-order valence-electron chi connectivity index (χ4n) is 4.55. The van der Waals surface area contributed by atoms with Crippen LogP contribution < -0.4 is 5.32 Å². The molecule has 2 aromatic heterocycles. The summed E-state index contributed by atoms with van der Waals surface area (Å²) in [6.45, 7) is 0.628. The highest BCUT2D eigenvalue weighted by atomic mass is 32.2. The first-order valence-electron chi connectivity index (χ1n) is 11.9. The Morgan fingerprint density at radius 3 is 2.08 bits per heavy atom. The molecule has 0 fully saturated rings. The van der Waals surface area contributed by atoms with Crippen molar-refractivity contribution in [2.45, 2.75) is 13.0 Å². The number of nitrogens with zero attached hydrogens (tertiary/aromatic N) is 4. The number of aromatic nitrogens is 2. The van der Waals surface area contributed by atoms with Crippen LogP contribution in [-0.4, -0.2) is 57.1 Å². The molecule has 0 radical (unpaired) electrons. The summed E-state index contributed by atoms with van der Waals surface area (Å²) in [5.74, 6) is -0.231. The predicted octanol–water partition coefficient (Wildman–Crippen LogP) is 4.37. The first-order valence-corrected chi connectivity index (χ1v) is 14.7. The lowest BCUT2D eigenvalue weighted by molar-refractivity contribution is -0.122. The summed E-state index contributed by atoms with van der Waals surface area (Å²) in [4.78, 5) is 36.5. The van der Waals surface area contributed by atoms with E-state index in [9.17, 15) is 22.8 Å². The fraction of sp³-hybridized carbons (Fsp3) is 0.192. The fourth-order valence-corrected chi connectivity index (χ4v) is 5.01. The Labute approximate surface area is 233 Å². The summed E-state index contributed by atoms with van der Waals surface area (Å²) in [5, 5.41) is 15.9. The number of amides is 3. The lowest BCUT2D eigenvalue weighted by Crippen LogP contribution is -2.22. The standard InChI is InChI=1S/C25H21N5O4S.CH4O3S/c1-29-13-17(15-7-2-4-9-19(15)29)21-22(24(32)26-23(21)31)18-14-30(20-10-5-3-8-16(18)20)11-6-12-35-28-27-25(33)34;1-5(2,3)4/h2-5,7-10,13-14H,6,11-12H2,1H3,(H,33,34)(H,26,31,32);1H3,(H,2,3,4). The number of carbonyl (C=O) groups is 3. The van der Waals surface area contributed by atoms with Crippen LogP contribution in [0.15, 0.2) is 70.6 Å². The van der Waals surface area contributed by atoms with Gasteiger partial charge < -0.3 is 14.2 Å². The molecule has 14 heteroatoms.